The Kier molecular flexibility index (Phi) is 6.01. The third-order valence-electron chi connectivity index (χ3n) is 2.32. The number of halogens is 1. The second-order valence-corrected chi connectivity index (χ2v) is 5.50. The van der Waals surface area contributed by atoms with Crippen LogP contribution in [0.1, 0.15) is 35.9 Å². The lowest BCUT2D eigenvalue weighted by Crippen LogP contribution is -2.39. The van der Waals surface area contributed by atoms with Crippen molar-refractivity contribution in [2.45, 2.75) is 32.2 Å². The van der Waals surface area contributed by atoms with E-state index in [0.717, 1.165) is 28.6 Å². The molecule has 0 bridgehead atoms. The molecule has 5 heteroatoms. The molecule has 0 radical (unpaired) electrons. The fraction of sp³-hybridized carbons (Fsp3) is 0.545. The van der Waals surface area contributed by atoms with Crippen LogP contribution in [0.25, 0.3) is 0 Å². The van der Waals surface area contributed by atoms with Gasteiger partial charge in [-0.25, -0.2) is 0 Å². The van der Waals surface area contributed by atoms with Crippen LogP contribution in [0.4, 0.5) is 0 Å². The maximum atomic E-state index is 11.8. The maximum Gasteiger partial charge on any atom is 0.261 e. The van der Waals surface area contributed by atoms with Gasteiger partial charge in [-0.15, -0.1) is 11.3 Å². The first-order valence-electron chi connectivity index (χ1n) is 5.42. The predicted octanol–water partition coefficient (Wildman–Crippen LogP) is 2.76. The van der Waals surface area contributed by atoms with Crippen LogP contribution < -0.4 is 11.1 Å². The van der Waals surface area contributed by atoms with Crippen LogP contribution in [-0.4, -0.2) is 18.5 Å². The minimum atomic E-state index is -0.0257. The Morgan fingerprint density at radius 2 is 2.44 bits per heavy atom. The van der Waals surface area contributed by atoms with Crippen molar-refractivity contribution in [2.75, 3.05) is 6.54 Å². The second kappa shape index (κ2) is 7.04. The number of carbonyl (C=O) groups excluding carboxylic acids is 1. The average molecular weight is 305 g/mol. The van der Waals surface area contributed by atoms with E-state index in [2.05, 4.69) is 28.2 Å². The molecule has 1 aromatic rings. The number of nitrogens with one attached hydrogen (secondary N) is 1. The van der Waals surface area contributed by atoms with E-state index in [-0.39, 0.29) is 11.9 Å². The highest BCUT2D eigenvalue weighted by Crippen LogP contribution is 2.19. The molecule has 1 amide bonds. The Morgan fingerprint density at radius 3 is 2.94 bits per heavy atom. The third kappa shape index (κ3) is 4.23. The number of carbonyl (C=O) groups is 1. The van der Waals surface area contributed by atoms with Gasteiger partial charge in [0.25, 0.3) is 5.91 Å². The highest BCUT2D eigenvalue weighted by Gasteiger charge is 2.13. The van der Waals surface area contributed by atoms with Crippen molar-refractivity contribution in [3.8, 4) is 0 Å². The molecule has 0 aromatic carbocycles. The van der Waals surface area contributed by atoms with Crippen molar-refractivity contribution in [2.24, 2.45) is 5.73 Å². The van der Waals surface area contributed by atoms with E-state index >= 15 is 0 Å². The van der Waals surface area contributed by atoms with E-state index in [0.29, 0.717) is 6.54 Å². The van der Waals surface area contributed by atoms with Gasteiger partial charge in [-0.2, -0.15) is 0 Å². The van der Waals surface area contributed by atoms with E-state index in [9.17, 15) is 4.79 Å². The summed E-state index contributed by atoms with van der Waals surface area (Å²) in [6.07, 6.45) is 3.17. The van der Waals surface area contributed by atoms with Gasteiger partial charge in [0, 0.05) is 22.4 Å². The summed E-state index contributed by atoms with van der Waals surface area (Å²) in [6.45, 7) is 2.63. The van der Waals surface area contributed by atoms with Crippen molar-refractivity contribution >= 4 is 33.2 Å². The van der Waals surface area contributed by atoms with Crippen molar-refractivity contribution < 1.29 is 4.79 Å². The van der Waals surface area contributed by atoms with Crippen LogP contribution >= 0.6 is 27.3 Å². The summed E-state index contributed by atoms with van der Waals surface area (Å²) in [5, 5.41) is 4.86. The molecule has 0 spiro atoms. The van der Waals surface area contributed by atoms with Gasteiger partial charge in [0.2, 0.25) is 0 Å². The van der Waals surface area contributed by atoms with Gasteiger partial charge >= 0.3 is 0 Å². The molecule has 0 saturated carbocycles. The standard InChI is InChI=1S/C11H17BrN2OS/c1-2-3-4-9(6-13)14-11(15)10-5-8(12)7-16-10/h5,7,9H,2-4,6,13H2,1H3,(H,14,15). The molecule has 90 valence electrons. The van der Waals surface area contributed by atoms with Crippen molar-refractivity contribution in [3.63, 3.8) is 0 Å². The Labute approximate surface area is 109 Å². The Hall–Kier alpha value is -0.390. The third-order valence-corrected chi connectivity index (χ3v) is 4.01. The topological polar surface area (TPSA) is 55.1 Å². The highest BCUT2D eigenvalue weighted by molar-refractivity contribution is 9.10. The van der Waals surface area contributed by atoms with E-state index in [1.54, 1.807) is 0 Å². The first-order valence-corrected chi connectivity index (χ1v) is 7.09. The van der Waals surface area contributed by atoms with Crippen LogP contribution in [0, 0.1) is 0 Å². The zero-order chi connectivity index (χ0) is 12.0. The van der Waals surface area contributed by atoms with Crippen molar-refractivity contribution in [3.05, 3.63) is 20.8 Å². The monoisotopic (exact) mass is 304 g/mol. The quantitative estimate of drug-likeness (QED) is 0.849. The lowest BCUT2D eigenvalue weighted by molar-refractivity contribution is 0.0940. The Bertz CT molecular complexity index is 340. The van der Waals surface area contributed by atoms with Gasteiger partial charge in [0.15, 0.2) is 0 Å². The van der Waals surface area contributed by atoms with E-state index < -0.39 is 0 Å². The summed E-state index contributed by atoms with van der Waals surface area (Å²) in [7, 11) is 0. The molecule has 1 unspecified atom stereocenters. The minimum Gasteiger partial charge on any atom is -0.347 e. The van der Waals surface area contributed by atoms with Crippen LogP contribution in [0.2, 0.25) is 0 Å². The molecule has 0 aliphatic carbocycles. The molecule has 0 aliphatic rings. The highest BCUT2D eigenvalue weighted by atomic mass is 79.9. The summed E-state index contributed by atoms with van der Waals surface area (Å²) < 4.78 is 0.945. The molecular weight excluding hydrogens is 288 g/mol. The molecule has 0 saturated heterocycles. The molecule has 3 N–H and O–H groups in total. The molecule has 1 atom stereocenters. The van der Waals surface area contributed by atoms with Crippen LogP contribution in [-0.2, 0) is 0 Å². The largest absolute Gasteiger partial charge is 0.347 e. The van der Waals surface area contributed by atoms with Crippen LogP contribution in [0.3, 0.4) is 0 Å². The average Bonchev–Trinajstić information content (AvgIpc) is 2.70. The van der Waals surface area contributed by atoms with Gasteiger partial charge in [0.1, 0.15) is 0 Å². The molecular formula is C11H17BrN2OS. The summed E-state index contributed by atoms with van der Waals surface area (Å²) in [5.41, 5.74) is 5.62. The predicted molar refractivity (Wildman–Crippen MR) is 71.9 cm³/mol. The number of thiophene rings is 1. The van der Waals surface area contributed by atoms with Crippen molar-refractivity contribution in [1.82, 2.24) is 5.32 Å². The molecule has 0 fully saturated rings. The summed E-state index contributed by atoms with van der Waals surface area (Å²) in [4.78, 5) is 12.5. The van der Waals surface area contributed by atoms with Gasteiger partial charge in [-0.05, 0) is 28.4 Å². The van der Waals surface area contributed by atoms with E-state index in [1.807, 2.05) is 11.4 Å². The Morgan fingerprint density at radius 1 is 1.69 bits per heavy atom. The first-order chi connectivity index (χ1) is 7.67. The van der Waals surface area contributed by atoms with Crippen LogP contribution in [0.15, 0.2) is 15.9 Å². The summed E-state index contributed by atoms with van der Waals surface area (Å²) in [6, 6.07) is 1.92. The minimum absolute atomic E-state index is 0.0257. The van der Waals surface area contributed by atoms with Gasteiger partial charge in [0.05, 0.1) is 4.88 Å². The fourth-order valence-electron chi connectivity index (χ4n) is 1.39. The number of hydrogen-bond acceptors (Lipinski definition) is 3. The number of unbranched alkanes of at least 4 members (excludes halogenated alkanes) is 1. The van der Waals surface area contributed by atoms with E-state index in [1.165, 1.54) is 11.3 Å². The summed E-state index contributed by atoms with van der Waals surface area (Å²) >= 11 is 4.77. The second-order valence-electron chi connectivity index (χ2n) is 3.68. The fourth-order valence-corrected chi connectivity index (χ4v) is 2.72. The van der Waals surface area contributed by atoms with E-state index in [4.69, 9.17) is 5.73 Å². The maximum absolute atomic E-state index is 11.8. The van der Waals surface area contributed by atoms with Crippen molar-refractivity contribution in [1.29, 1.82) is 0 Å². The molecule has 1 aromatic heterocycles. The lowest BCUT2D eigenvalue weighted by Gasteiger charge is -2.15. The molecule has 3 nitrogen and oxygen atoms in total. The number of nitrogens with two attached hydrogens (primary N) is 1. The number of amides is 1. The zero-order valence-electron chi connectivity index (χ0n) is 9.33. The molecule has 16 heavy (non-hydrogen) atoms. The van der Waals surface area contributed by atoms with Gasteiger partial charge in [-0.3, -0.25) is 4.79 Å². The molecule has 1 rings (SSSR count). The zero-order valence-corrected chi connectivity index (χ0v) is 11.7. The van der Waals surface area contributed by atoms with Gasteiger partial charge in [-0.1, -0.05) is 19.8 Å². The Balaban J connectivity index is 2.48. The first kappa shape index (κ1) is 13.7. The summed E-state index contributed by atoms with van der Waals surface area (Å²) in [5.74, 6) is -0.0257. The molecule has 1 heterocycles. The number of rotatable bonds is 6. The number of hydrogen-bond donors (Lipinski definition) is 2. The normalized spacial score (nSPS) is 12.4. The molecule has 0 aliphatic heterocycles. The van der Waals surface area contributed by atoms with Crippen LogP contribution in [0.5, 0.6) is 0 Å². The van der Waals surface area contributed by atoms with Gasteiger partial charge < -0.3 is 11.1 Å². The smallest absolute Gasteiger partial charge is 0.261 e. The SMILES string of the molecule is CCCCC(CN)NC(=O)c1cc(Br)cs1. The lowest BCUT2D eigenvalue weighted by atomic mass is 10.1.